The van der Waals surface area contributed by atoms with Crippen LogP contribution in [0.15, 0.2) is 12.1 Å². The molecule has 0 fully saturated rings. The summed E-state index contributed by atoms with van der Waals surface area (Å²) in [7, 11) is 0. The molecule has 6 nitrogen and oxygen atoms in total. The average Bonchev–Trinajstić information content (AvgIpc) is 2.21. The van der Waals surface area contributed by atoms with Gasteiger partial charge in [-0.15, -0.1) is 0 Å². The highest BCUT2D eigenvalue weighted by Crippen LogP contribution is 2.24. The third-order valence-corrected chi connectivity index (χ3v) is 1.79. The Kier molecular flexibility index (Phi) is 3.39. The average molecular weight is 228 g/mol. The lowest BCUT2D eigenvalue weighted by Gasteiger charge is -2.04. The maximum Gasteiger partial charge on any atom is 0.338 e. The summed E-state index contributed by atoms with van der Waals surface area (Å²) in [5.41, 5.74) is 3.75. The fraction of sp³-hybridized carbons (Fsp3) is 0.222. The van der Waals surface area contributed by atoms with Gasteiger partial charge in [0.15, 0.2) is 0 Å². The van der Waals surface area contributed by atoms with E-state index in [2.05, 4.69) is 4.74 Å². The molecule has 0 aromatic heterocycles. The van der Waals surface area contributed by atoms with Gasteiger partial charge in [-0.05, 0) is 13.0 Å². The summed E-state index contributed by atoms with van der Waals surface area (Å²) in [5, 5.41) is 10.5. The van der Waals surface area contributed by atoms with Gasteiger partial charge < -0.3 is 10.5 Å². The first-order chi connectivity index (χ1) is 7.47. The van der Waals surface area contributed by atoms with Crippen molar-refractivity contribution in [1.29, 1.82) is 0 Å². The standard InChI is InChI=1S/C9H9FN2O4/c1-2-16-9(13)5-3-6(11)8(10)7(4-5)12(14)15/h3-4H,2,11H2,1H3. The summed E-state index contributed by atoms with van der Waals surface area (Å²) < 4.78 is 17.8. The molecule has 0 aliphatic rings. The first-order valence-electron chi connectivity index (χ1n) is 4.38. The lowest BCUT2D eigenvalue weighted by Crippen LogP contribution is -2.08. The lowest BCUT2D eigenvalue weighted by molar-refractivity contribution is -0.387. The van der Waals surface area contributed by atoms with Crippen LogP contribution in [-0.4, -0.2) is 17.5 Å². The summed E-state index contributed by atoms with van der Waals surface area (Å²) in [6.07, 6.45) is 0. The van der Waals surface area contributed by atoms with E-state index in [4.69, 9.17) is 5.73 Å². The number of ether oxygens (including phenoxy) is 1. The Labute approximate surface area is 90.0 Å². The first-order valence-corrected chi connectivity index (χ1v) is 4.38. The minimum absolute atomic E-state index is 0.115. The van der Waals surface area contributed by atoms with E-state index in [9.17, 15) is 19.3 Å². The second kappa shape index (κ2) is 4.56. The number of nitro groups is 1. The highest BCUT2D eigenvalue weighted by molar-refractivity contribution is 5.91. The molecule has 1 rings (SSSR count). The van der Waals surface area contributed by atoms with E-state index in [1.807, 2.05) is 0 Å². The van der Waals surface area contributed by atoms with E-state index in [1.165, 1.54) is 0 Å². The van der Waals surface area contributed by atoms with Crippen LogP contribution in [-0.2, 0) is 4.74 Å². The summed E-state index contributed by atoms with van der Waals surface area (Å²) >= 11 is 0. The van der Waals surface area contributed by atoms with Gasteiger partial charge in [0.2, 0.25) is 5.82 Å². The number of carbonyl (C=O) groups excluding carboxylic acids is 1. The summed E-state index contributed by atoms with van der Waals surface area (Å²) in [6, 6.07) is 1.80. The van der Waals surface area contributed by atoms with Crippen LogP contribution >= 0.6 is 0 Å². The fourth-order valence-electron chi connectivity index (χ4n) is 1.10. The molecular weight excluding hydrogens is 219 g/mol. The van der Waals surface area contributed by atoms with Crippen LogP contribution in [0, 0.1) is 15.9 Å². The second-order valence-corrected chi connectivity index (χ2v) is 2.88. The maximum atomic E-state index is 13.2. The zero-order valence-electron chi connectivity index (χ0n) is 8.40. The number of anilines is 1. The van der Waals surface area contributed by atoms with Crippen molar-refractivity contribution in [2.24, 2.45) is 0 Å². The highest BCUT2D eigenvalue weighted by atomic mass is 19.1. The van der Waals surface area contributed by atoms with Crippen LogP contribution < -0.4 is 5.73 Å². The zero-order valence-corrected chi connectivity index (χ0v) is 8.40. The molecule has 0 spiro atoms. The zero-order chi connectivity index (χ0) is 12.3. The summed E-state index contributed by atoms with van der Waals surface area (Å²) in [5.74, 6) is -1.93. The van der Waals surface area contributed by atoms with Crippen LogP contribution in [0.25, 0.3) is 0 Å². The second-order valence-electron chi connectivity index (χ2n) is 2.88. The van der Waals surface area contributed by atoms with Crippen molar-refractivity contribution < 1.29 is 18.8 Å². The number of nitrogens with zero attached hydrogens (tertiary/aromatic N) is 1. The first kappa shape index (κ1) is 11.9. The predicted octanol–water partition coefficient (Wildman–Crippen LogP) is 1.49. The van der Waals surface area contributed by atoms with Crippen LogP contribution in [0.2, 0.25) is 0 Å². The Hall–Kier alpha value is -2.18. The number of hydrogen-bond donors (Lipinski definition) is 1. The molecule has 0 saturated heterocycles. The number of esters is 1. The van der Waals surface area contributed by atoms with Gasteiger partial charge in [-0.2, -0.15) is 4.39 Å². The minimum atomic E-state index is -1.15. The van der Waals surface area contributed by atoms with Crippen LogP contribution in [0.3, 0.4) is 0 Å². The van der Waals surface area contributed by atoms with E-state index in [-0.39, 0.29) is 12.2 Å². The molecule has 0 atom stereocenters. The number of nitrogen functional groups attached to an aromatic ring is 1. The molecule has 0 radical (unpaired) electrons. The molecule has 86 valence electrons. The molecule has 0 saturated carbocycles. The van der Waals surface area contributed by atoms with Crippen LogP contribution in [0.1, 0.15) is 17.3 Å². The van der Waals surface area contributed by atoms with E-state index in [0.717, 1.165) is 12.1 Å². The van der Waals surface area contributed by atoms with Gasteiger partial charge in [0.1, 0.15) is 0 Å². The van der Waals surface area contributed by atoms with Crippen molar-refractivity contribution in [3.63, 3.8) is 0 Å². The molecule has 1 aromatic carbocycles. The van der Waals surface area contributed by atoms with E-state index < -0.39 is 28.1 Å². The monoisotopic (exact) mass is 228 g/mol. The Bertz CT molecular complexity index is 447. The van der Waals surface area contributed by atoms with Gasteiger partial charge in [0.25, 0.3) is 0 Å². The van der Waals surface area contributed by atoms with Gasteiger partial charge in [-0.25, -0.2) is 4.79 Å². The molecule has 0 bridgehead atoms. The minimum Gasteiger partial charge on any atom is -0.462 e. The maximum absolute atomic E-state index is 13.2. The van der Waals surface area contributed by atoms with E-state index in [1.54, 1.807) is 6.92 Å². The fourth-order valence-corrected chi connectivity index (χ4v) is 1.10. The molecule has 16 heavy (non-hydrogen) atoms. The Morgan fingerprint density at radius 2 is 2.25 bits per heavy atom. The summed E-state index contributed by atoms with van der Waals surface area (Å²) in [4.78, 5) is 20.8. The molecule has 0 aliphatic carbocycles. The predicted molar refractivity (Wildman–Crippen MR) is 53.4 cm³/mol. The number of nitro benzene ring substituents is 1. The van der Waals surface area contributed by atoms with E-state index in [0.29, 0.717) is 0 Å². The Morgan fingerprint density at radius 3 is 2.75 bits per heavy atom. The van der Waals surface area contributed by atoms with Gasteiger partial charge in [0, 0.05) is 6.07 Å². The number of carbonyl (C=O) groups is 1. The van der Waals surface area contributed by atoms with Crippen LogP contribution in [0.5, 0.6) is 0 Å². The molecule has 0 unspecified atom stereocenters. The van der Waals surface area contributed by atoms with Gasteiger partial charge in [-0.3, -0.25) is 10.1 Å². The number of nitrogens with two attached hydrogens (primary N) is 1. The van der Waals surface area contributed by atoms with Gasteiger partial charge in [0.05, 0.1) is 22.8 Å². The Balaban J connectivity index is 3.24. The number of benzene rings is 1. The summed E-state index contributed by atoms with van der Waals surface area (Å²) in [6.45, 7) is 1.70. The van der Waals surface area contributed by atoms with Crippen molar-refractivity contribution >= 4 is 17.3 Å². The topological polar surface area (TPSA) is 95.5 Å². The van der Waals surface area contributed by atoms with Crippen molar-refractivity contribution in [3.05, 3.63) is 33.6 Å². The molecular formula is C9H9FN2O4. The largest absolute Gasteiger partial charge is 0.462 e. The van der Waals surface area contributed by atoms with Crippen LogP contribution in [0.4, 0.5) is 15.8 Å². The molecule has 7 heteroatoms. The van der Waals surface area contributed by atoms with Crippen molar-refractivity contribution in [2.75, 3.05) is 12.3 Å². The van der Waals surface area contributed by atoms with Crippen molar-refractivity contribution in [3.8, 4) is 0 Å². The SMILES string of the molecule is CCOC(=O)c1cc(N)c(F)c([N+](=O)[O-])c1. The molecule has 2 N–H and O–H groups in total. The normalized spacial score (nSPS) is 9.88. The van der Waals surface area contributed by atoms with Gasteiger partial charge in [-0.1, -0.05) is 0 Å². The molecule has 1 aromatic rings. The smallest absolute Gasteiger partial charge is 0.338 e. The quantitative estimate of drug-likeness (QED) is 0.366. The van der Waals surface area contributed by atoms with Crippen molar-refractivity contribution in [2.45, 2.75) is 6.92 Å². The number of rotatable bonds is 3. The van der Waals surface area contributed by atoms with Gasteiger partial charge >= 0.3 is 11.7 Å². The molecule has 0 heterocycles. The molecule has 0 amide bonds. The highest BCUT2D eigenvalue weighted by Gasteiger charge is 2.21. The molecule has 0 aliphatic heterocycles. The lowest BCUT2D eigenvalue weighted by atomic mass is 10.1. The van der Waals surface area contributed by atoms with E-state index >= 15 is 0 Å². The number of hydrogen-bond acceptors (Lipinski definition) is 5. The third kappa shape index (κ3) is 2.25. The Morgan fingerprint density at radius 1 is 1.62 bits per heavy atom. The van der Waals surface area contributed by atoms with Crippen molar-refractivity contribution in [1.82, 2.24) is 0 Å². The third-order valence-electron chi connectivity index (χ3n) is 1.79. The number of halogens is 1.